The lowest BCUT2D eigenvalue weighted by Crippen LogP contribution is -2.24. The van der Waals surface area contributed by atoms with Crippen molar-refractivity contribution in [2.24, 2.45) is 5.92 Å². The highest BCUT2D eigenvalue weighted by Gasteiger charge is 1.93. The average molecular weight is 233 g/mol. The van der Waals surface area contributed by atoms with Gasteiger partial charge < -0.3 is 19.5 Å². The third-order valence-corrected chi connectivity index (χ3v) is 2.12. The van der Waals surface area contributed by atoms with Crippen LogP contribution in [0.3, 0.4) is 0 Å². The van der Waals surface area contributed by atoms with Gasteiger partial charge in [-0.2, -0.15) is 0 Å². The third-order valence-electron chi connectivity index (χ3n) is 2.12. The van der Waals surface area contributed by atoms with Crippen LogP contribution in [-0.2, 0) is 14.2 Å². The fourth-order valence-electron chi connectivity index (χ4n) is 1.08. The molecule has 0 spiro atoms. The van der Waals surface area contributed by atoms with Gasteiger partial charge in [-0.15, -0.1) is 0 Å². The molecule has 0 rings (SSSR count). The standard InChI is InChI=1S/C12H27NO3/c1-12(2)4-7-15-8-5-13-6-9-16-11-10-14-3/h12-13H,4-11H2,1-3H3. The molecule has 98 valence electrons. The molecule has 0 amide bonds. The lowest BCUT2D eigenvalue weighted by molar-refractivity contribution is 0.0703. The quantitative estimate of drug-likeness (QED) is 0.516. The smallest absolute Gasteiger partial charge is 0.0700 e. The first-order valence-electron chi connectivity index (χ1n) is 6.12. The maximum Gasteiger partial charge on any atom is 0.0700 e. The van der Waals surface area contributed by atoms with Crippen molar-refractivity contribution >= 4 is 0 Å². The predicted octanol–water partition coefficient (Wildman–Crippen LogP) is 1.30. The van der Waals surface area contributed by atoms with E-state index in [2.05, 4.69) is 19.2 Å². The molecule has 0 aliphatic heterocycles. The van der Waals surface area contributed by atoms with Gasteiger partial charge in [0.15, 0.2) is 0 Å². The van der Waals surface area contributed by atoms with Gasteiger partial charge in [0.1, 0.15) is 0 Å². The Morgan fingerprint density at radius 3 is 2.06 bits per heavy atom. The summed E-state index contributed by atoms with van der Waals surface area (Å²) in [6.07, 6.45) is 1.14. The Hall–Kier alpha value is -0.160. The van der Waals surface area contributed by atoms with Gasteiger partial charge >= 0.3 is 0 Å². The van der Waals surface area contributed by atoms with Crippen molar-refractivity contribution in [2.45, 2.75) is 20.3 Å². The van der Waals surface area contributed by atoms with E-state index in [1.165, 1.54) is 0 Å². The zero-order valence-electron chi connectivity index (χ0n) is 11.0. The molecule has 4 nitrogen and oxygen atoms in total. The molecule has 0 aliphatic rings. The predicted molar refractivity (Wildman–Crippen MR) is 65.8 cm³/mol. The van der Waals surface area contributed by atoms with Gasteiger partial charge in [0.05, 0.1) is 26.4 Å². The van der Waals surface area contributed by atoms with Gasteiger partial charge in [-0.05, 0) is 12.3 Å². The molecular formula is C12H27NO3. The Balaban J connectivity index is 2.88. The molecule has 0 bridgehead atoms. The van der Waals surface area contributed by atoms with Gasteiger partial charge in [0.25, 0.3) is 0 Å². The maximum atomic E-state index is 5.47. The Kier molecular flexibility index (Phi) is 12.8. The van der Waals surface area contributed by atoms with Crippen LogP contribution in [-0.4, -0.2) is 53.2 Å². The summed E-state index contributed by atoms with van der Waals surface area (Å²) in [5.74, 6) is 0.724. The molecule has 0 atom stereocenters. The molecular weight excluding hydrogens is 206 g/mol. The van der Waals surface area contributed by atoms with Crippen molar-refractivity contribution in [3.8, 4) is 0 Å². The highest BCUT2D eigenvalue weighted by molar-refractivity contribution is 4.47. The van der Waals surface area contributed by atoms with Crippen molar-refractivity contribution in [2.75, 3.05) is 53.2 Å². The normalized spacial score (nSPS) is 11.2. The summed E-state index contributed by atoms with van der Waals surface area (Å²) < 4.78 is 15.6. The van der Waals surface area contributed by atoms with Crippen LogP contribution in [0.2, 0.25) is 0 Å². The number of methoxy groups -OCH3 is 1. The largest absolute Gasteiger partial charge is 0.382 e. The van der Waals surface area contributed by atoms with E-state index in [0.717, 1.165) is 45.2 Å². The third kappa shape index (κ3) is 13.8. The van der Waals surface area contributed by atoms with E-state index in [1.807, 2.05) is 0 Å². The summed E-state index contributed by atoms with van der Waals surface area (Å²) in [5.41, 5.74) is 0. The highest BCUT2D eigenvalue weighted by Crippen LogP contribution is 1.97. The number of ether oxygens (including phenoxy) is 3. The van der Waals surface area contributed by atoms with Gasteiger partial charge in [-0.3, -0.25) is 0 Å². The average Bonchev–Trinajstić information content (AvgIpc) is 2.25. The Labute approximate surface area is 99.6 Å². The van der Waals surface area contributed by atoms with Crippen LogP contribution >= 0.6 is 0 Å². The fraction of sp³-hybridized carbons (Fsp3) is 1.00. The monoisotopic (exact) mass is 233 g/mol. The summed E-state index contributed by atoms with van der Waals surface area (Å²) in [4.78, 5) is 0. The fourth-order valence-corrected chi connectivity index (χ4v) is 1.08. The summed E-state index contributed by atoms with van der Waals surface area (Å²) in [5, 5.41) is 3.26. The molecule has 0 aromatic carbocycles. The van der Waals surface area contributed by atoms with E-state index in [9.17, 15) is 0 Å². The zero-order chi connectivity index (χ0) is 12.1. The summed E-state index contributed by atoms with van der Waals surface area (Å²) in [6, 6.07) is 0. The Morgan fingerprint density at radius 1 is 0.875 bits per heavy atom. The number of nitrogens with one attached hydrogen (secondary N) is 1. The second-order valence-corrected chi connectivity index (χ2v) is 4.15. The molecule has 0 aromatic heterocycles. The minimum atomic E-state index is 0.665. The first-order chi connectivity index (χ1) is 7.77. The van der Waals surface area contributed by atoms with E-state index in [1.54, 1.807) is 7.11 Å². The number of rotatable bonds is 12. The number of hydrogen-bond acceptors (Lipinski definition) is 4. The molecule has 0 aliphatic carbocycles. The maximum absolute atomic E-state index is 5.47. The second-order valence-electron chi connectivity index (χ2n) is 4.15. The molecule has 4 heteroatoms. The van der Waals surface area contributed by atoms with Crippen LogP contribution in [0.4, 0.5) is 0 Å². The number of hydrogen-bond donors (Lipinski definition) is 1. The lowest BCUT2D eigenvalue weighted by Gasteiger charge is -2.08. The van der Waals surface area contributed by atoms with Gasteiger partial charge in [0.2, 0.25) is 0 Å². The van der Waals surface area contributed by atoms with Crippen molar-refractivity contribution in [3.05, 3.63) is 0 Å². The zero-order valence-corrected chi connectivity index (χ0v) is 11.0. The Morgan fingerprint density at radius 2 is 1.50 bits per heavy atom. The first kappa shape index (κ1) is 15.8. The molecule has 16 heavy (non-hydrogen) atoms. The molecule has 1 N–H and O–H groups in total. The van der Waals surface area contributed by atoms with E-state index >= 15 is 0 Å². The SMILES string of the molecule is COCCOCCNCCOCCC(C)C. The van der Waals surface area contributed by atoms with Crippen LogP contribution < -0.4 is 5.32 Å². The first-order valence-corrected chi connectivity index (χ1v) is 6.12. The minimum absolute atomic E-state index is 0.665. The van der Waals surface area contributed by atoms with Gasteiger partial charge in [-0.25, -0.2) is 0 Å². The van der Waals surface area contributed by atoms with Crippen molar-refractivity contribution in [1.29, 1.82) is 0 Å². The summed E-state index contributed by atoms with van der Waals surface area (Å²) in [7, 11) is 1.68. The topological polar surface area (TPSA) is 39.7 Å². The van der Waals surface area contributed by atoms with Crippen LogP contribution in [0.5, 0.6) is 0 Å². The summed E-state index contributed by atoms with van der Waals surface area (Å²) in [6.45, 7) is 9.89. The van der Waals surface area contributed by atoms with E-state index < -0.39 is 0 Å². The van der Waals surface area contributed by atoms with Gasteiger partial charge in [0, 0.05) is 26.8 Å². The molecule has 0 unspecified atom stereocenters. The molecule has 0 heterocycles. The van der Waals surface area contributed by atoms with Crippen LogP contribution in [0.15, 0.2) is 0 Å². The molecule has 0 saturated carbocycles. The Bertz CT molecular complexity index is 131. The van der Waals surface area contributed by atoms with Crippen molar-refractivity contribution in [3.63, 3.8) is 0 Å². The molecule has 0 aromatic rings. The summed E-state index contributed by atoms with van der Waals surface area (Å²) >= 11 is 0. The van der Waals surface area contributed by atoms with Crippen molar-refractivity contribution in [1.82, 2.24) is 5.32 Å². The van der Waals surface area contributed by atoms with Crippen LogP contribution in [0, 0.1) is 5.92 Å². The van der Waals surface area contributed by atoms with Crippen molar-refractivity contribution < 1.29 is 14.2 Å². The van der Waals surface area contributed by atoms with E-state index in [0.29, 0.717) is 13.2 Å². The van der Waals surface area contributed by atoms with Crippen LogP contribution in [0.25, 0.3) is 0 Å². The molecule has 0 radical (unpaired) electrons. The lowest BCUT2D eigenvalue weighted by atomic mass is 10.1. The molecule has 0 saturated heterocycles. The van der Waals surface area contributed by atoms with E-state index in [4.69, 9.17) is 14.2 Å². The van der Waals surface area contributed by atoms with Crippen LogP contribution in [0.1, 0.15) is 20.3 Å². The highest BCUT2D eigenvalue weighted by atomic mass is 16.5. The van der Waals surface area contributed by atoms with Gasteiger partial charge in [-0.1, -0.05) is 13.8 Å². The minimum Gasteiger partial charge on any atom is -0.382 e. The van der Waals surface area contributed by atoms with E-state index in [-0.39, 0.29) is 0 Å². The second kappa shape index (κ2) is 12.9. The molecule has 0 fully saturated rings.